The molecule has 25 heavy (non-hydrogen) atoms. The quantitative estimate of drug-likeness (QED) is 0.900. The summed E-state index contributed by atoms with van der Waals surface area (Å²) in [5.41, 5.74) is 0.514. The molecule has 0 fully saturated rings. The van der Waals surface area contributed by atoms with Gasteiger partial charge in [-0.1, -0.05) is 36.4 Å². The van der Waals surface area contributed by atoms with Crippen LogP contribution in [0.1, 0.15) is 38.3 Å². The topological polar surface area (TPSA) is 49.8 Å². The minimum Gasteiger partial charge on any atom is -0.488 e. The van der Waals surface area contributed by atoms with Gasteiger partial charge in [0.1, 0.15) is 12.3 Å². The second-order valence-corrected chi connectivity index (χ2v) is 5.75. The van der Waals surface area contributed by atoms with Crippen molar-refractivity contribution in [2.75, 3.05) is 20.6 Å². The number of carboxylic acids is 1. The van der Waals surface area contributed by atoms with Gasteiger partial charge in [-0.05, 0) is 54.9 Å². The third kappa shape index (κ3) is 4.09. The van der Waals surface area contributed by atoms with Crippen LogP contribution in [0.3, 0.4) is 0 Å². The first kappa shape index (κ1) is 10.4. The fourth-order valence-corrected chi connectivity index (χ4v) is 2.53. The highest BCUT2D eigenvalue weighted by Gasteiger charge is 2.19. The third-order valence-corrected chi connectivity index (χ3v) is 3.62. The summed E-state index contributed by atoms with van der Waals surface area (Å²) >= 11 is 0. The van der Waals surface area contributed by atoms with Crippen molar-refractivity contribution in [3.05, 3.63) is 70.7 Å². The number of aliphatic carboxylic acids is 1. The lowest BCUT2D eigenvalue weighted by Crippen LogP contribution is -2.12. The van der Waals surface area contributed by atoms with Crippen LogP contribution in [0.4, 0.5) is 0 Å². The average molecular weight is 344 g/mol. The number of ether oxygens (including phenoxy) is 1. The van der Waals surface area contributed by atoms with Crippen LogP contribution >= 0.6 is 0 Å². The van der Waals surface area contributed by atoms with Crippen molar-refractivity contribution in [3.63, 3.8) is 0 Å². The van der Waals surface area contributed by atoms with E-state index in [2.05, 4.69) is 0 Å². The molecule has 0 saturated heterocycles. The number of rotatable bonds is 5. The van der Waals surface area contributed by atoms with E-state index < -0.39 is 37.5 Å². The number of hydrogen-bond acceptors (Lipinski definition) is 3. The maximum absolute atomic E-state index is 11.3. The van der Waals surface area contributed by atoms with Gasteiger partial charge < -0.3 is 14.7 Å². The van der Waals surface area contributed by atoms with Crippen LogP contribution in [0, 0.1) is 0 Å². The SMILES string of the molecule is [2H]c1c([2H])c2c(c([2H])c1CC(=O)O)/C(=C/CC([2H])([2H])N(C)C)c1ccccc1C([2H])([2H])O2. The van der Waals surface area contributed by atoms with Crippen LogP contribution < -0.4 is 4.74 Å². The van der Waals surface area contributed by atoms with Gasteiger partial charge >= 0.3 is 5.97 Å². The molecule has 1 heterocycles. The first-order chi connectivity index (χ1) is 14.8. The van der Waals surface area contributed by atoms with Crippen LogP contribution in [-0.4, -0.2) is 36.6 Å². The summed E-state index contributed by atoms with van der Waals surface area (Å²) in [6.45, 7) is -4.16. The molecule has 3 rings (SSSR count). The molecule has 0 aliphatic carbocycles. The predicted octanol–water partition coefficient (Wildman–Crippen LogP) is 3.59. The van der Waals surface area contributed by atoms with E-state index in [0.717, 1.165) is 0 Å². The van der Waals surface area contributed by atoms with E-state index in [1.54, 1.807) is 32.3 Å². The Morgan fingerprint density at radius 2 is 2.20 bits per heavy atom. The Bertz CT molecular complexity index is 1110. The molecule has 4 heteroatoms. The molecule has 2 aromatic rings. The first-order valence-electron chi connectivity index (χ1n) is 11.3. The molecule has 0 radical (unpaired) electrons. The summed E-state index contributed by atoms with van der Waals surface area (Å²) in [6.07, 6.45) is 0.723. The zero-order chi connectivity index (χ0) is 24.0. The van der Waals surface area contributed by atoms with Gasteiger partial charge in [0.15, 0.2) is 0 Å². The second-order valence-electron chi connectivity index (χ2n) is 5.75. The third-order valence-electron chi connectivity index (χ3n) is 3.62. The highest BCUT2D eigenvalue weighted by atomic mass is 16.5. The molecular weight excluding hydrogens is 314 g/mol. The van der Waals surface area contributed by atoms with Crippen LogP contribution in [0.5, 0.6) is 5.75 Å². The normalized spacial score (nSPS) is 21.2. The molecule has 1 aliphatic heterocycles. The van der Waals surface area contributed by atoms with Crippen LogP contribution in [-0.2, 0) is 17.8 Å². The largest absolute Gasteiger partial charge is 0.488 e. The van der Waals surface area contributed by atoms with Gasteiger partial charge in [0.05, 0.1) is 13.3 Å². The Morgan fingerprint density at radius 1 is 1.40 bits per heavy atom. The van der Waals surface area contributed by atoms with Gasteiger partial charge in [-0.3, -0.25) is 4.79 Å². The van der Waals surface area contributed by atoms with Crippen molar-refractivity contribution in [1.82, 2.24) is 4.90 Å². The fraction of sp³-hybridized carbons (Fsp3) is 0.286. The molecule has 0 atom stereocenters. The summed E-state index contributed by atoms with van der Waals surface area (Å²) in [6, 6.07) is 5.00. The van der Waals surface area contributed by atoms with Crippen LogP contribution in [0.2, 0.25) is 0 Å². The maximum atomic E-state index is 11.3. The molecule has 130 valence electrons. The van der Waals surface area contributed by atoms with E-state index in [9.17, 15) is 9.90 Å². The second kappa shape index (κ2) is 7.53. The van der Waals surface area contributed by atoms with Gasteiger partial charge in [0, 0.05) is 14.8 Å². The maximum Gasteiger partial charge on any atom is 0.307 e. The molecule has 0 bridgehead atoms. The molecule has 0 unspecified atom stereocenters. The van der Waals surface area contributed by atoms with Crippen LogP contribution in [0.25, 0.3) is 5.57 Å². The zero-order valence-electron chi connectivity index (χ0n) is 21.0. The van der Waals surface area contributed by atoms with Gasteiger partial charge in [-0.15, -0.1) is 0 Å². The number of carbonyl (C=O) groups is 1. The van der Waals surface area contributed by atoms with Crippen molar-refractivity contribution in [1.29, 1.82) is 0 Å². The minimum atomic E-state index is -2.40. The average Bonchev–Trinajstić information content (AvgIpc) is 2.80. The molecule has 0 saturated carbocycles. The van der Waals surface area contributed by atoms with E-state index in [0.29, 0.717) is 5.56 Å². The smallest absolute Gasteiger partial charge is 0.307 e. The Morgan fingerprint density at radius 3 is 2.96 bits per heavy atom. The van der Waals surface area contributed by atoms with Gasteiger partial charge in [0.2, 0.25) is 0 Å². The Balaban J connectivity index is 2.41. The summed E-state index contributed by atoms with van der Waals surface area (Å²) in [4.78, 5) is 12.7. The van der Waals surface area contributed by atoms with E-state index >= 15 is 0 Å². The predicted molar refractivity (Wildman–Crippen MR) is 98.8 cm³/mol. The Kier molecular flexibility index (Phi) is 3.14. The standard InChI is InChI=1S/C21H23NO3/c1-22(2)11-5-8-18-17-7-4-3-6-16(17)14-25-20-10-9-15(12-19(18)20)13-21(23)24/h3-4,6-10,12H,5,11,13-14H2,1-2H3,(H,23,24)/b18-8+/i9D,10D,11D2,12D,14D2. The molecule has 1 aliphatic rings. The first-order valence-corrected chi connectivity index (χ1v) is 7.79. The van der Waals surface area contributed by atoms with Crippen molar-refractivity contribution in [2.24, 2.45) is 0 Å². The number of benzene rings is 2. The number of hydrogen-bond donors (Lipinski definition) is 1. The van der Waals surface area contributed by atoms with E-state index in [-0.39, 0.29) is 40.5 Å². The summed E-state index contributed by atoms with van der Waals surface area (Å²) in [5, 5.41) is 9.26. The van der Waals surface area contributed by atoms with E-state index in [1.807, 2.05) is 0 Å². The lowest BCUT2D eigenvalue weighted by molar-refractivity contribution is -0.136. The summed E-state index contributed by atoms with van der Waals surface area (Å²) < 4.78 is 64.1. The van der Waals surface area contributed by atoms with Crippen molar-refractivity contribution in [3.8, 4) is 5.75 Å². The molecule has 2 aromatic carbocycles. The van der Waals surface area contributed by atoms with Crippen molar-refractivity contribution in [2.45, 2.75) is 19.4 Å². The van der Waals surface area contributed by atoms with Gasteiger partial charge in [-0.25, -0.2) is 0 Å². The Hall–Kier alpha value is -2.59. The van der Waals surface area contributed by atoms with Crippen LogP contribution in [0.15, 0.2) is 48.5 Å². The minimum absolute atomic E-state index is 0.0226. The number of fused-ring (bicyclic) bond motifs is 2. The van der Waals surface area contributed by atoms with Crippen molar-refractivity contribution >= 4 is 11.5 Å². The molecule has 1 N–H and O–H groups in total. The van der Waals surface area contributed by atoms with Gasteiger partial charge in [0.25, 0.3) is 0 Å². The highest BCUT2D eigenvalue weighted by molar-refractivity contribution is 5.85. The van der Waals surface area contributed by atoms with E-state index in [1.165, 1.54) is 17.0 Å². The molecule has 0 spiro atoms. The lowest BCUT2D eigenvalue weighted by Gasteiger charge is -2.13. The van der Waals surface area contributed by atoms with E-state index in [4.69, 9.17) is 14.3 Å². The molecule has 0 amide bonds. The monoisotopic (exact) mass is 344 g/mol. The molecule has 0 aromatic heterocycles. The fourth-order valence-electron chi connectivity index (χ4n) is 2.53. The van der Waals surface area contributed by atoms with Crippen molar-refractivity contribution < 1.29 is 24.2 Å². The summed E-state index contributed by atoms with van der Waals surface area (Å²) in [5.74, 6) is -1.61. The highest BCUT2D eigenvalue weighted by Crippen LogP contribution is 2.37. The lowest BCUT2D eigenvalue weighted by atomic mass is 9.92. The number of nitrogens with zero attached hydrogens (tertiary/aromatic N) is 1. The zero-order valence-corrected chi connectivity index (χ0v) is 14.0. The summed E-state index contributed by atoms with van der Waals surface area (Å²) in [7, 11) is 3.15. The molecular formula is C21H23NO3. The Labute approximate surface area is 158 Å². The molecule has 4 nitrogen and oxygen atoms in total. The number of carboxylic acid groups (broad SMARTS) is 1. The van der Waals surface area contributed by atoms with Gasteiger partial charge in [-0.2, -0.15) is 0 Å².